The van der Waals surface area contributed by atoms with Gasteiger partial charge < -0.3 is 15.0 Å². The molecule has 1 aromatic carbocycles. The molecule has 1 aliphatic heterocycles. The van der Waals surface area contributed by atoms with Gasteiger partial charge in [-0.15, -0.1) is 0 Å². The Balaban J connectivity index is 1.59. The van der Waals surface area contributed by atoms with Crippen LogP contribution in [0.2, 0.25) is 0 Å². The molecule has 1 fully saturated rings. The minimum absolute atomic E-state index is 0.0628. The smallest absolute Gasteiger partial charge is 0.274 e. The van der Waals surface area contributed by atoms with Gasteiger partial charge in [-0.3, -0.25) is 9.59 Å². The van der Waals surface area contributed by atoms with Gasteiger partial charge in [0.2, 0.25) is 0 Å². The van der Waals surface area contributed by atoms with Crippen LogP contribution in [0.15, 0.2) is 42.7 Å². The van der Waals surface area contributed by atoms with Gasteiger partial charge in [-0.2, -0.15) is 5.10 Å². The fourth-order valence-corrected chi connectivity index (χ4v) is 3.04. The maximum absolute atomic E-state index is 12.7. The van der Waals surface area contributed by atoms with Crippen molar-refractivity contribution < 1.29 is 14.3 Å². The van der Waals surface area contributed by atoms with E-state index in [1.807, 2.05) is 13.0 Å². The van der Waals surface area contributed by atoms with Crippen molar-refractivity contribution in [2.45, 2.75) is 6.92 Å². The summed E-state index contributed by atoms with van der Waals surface area (Å²) in [4.78, 5) is 31.3. The zero-order valence-electron chi connectivity index (χ0n) is 14.9. The van der Waals surface area contributed by atoms with Crippen LogP contribution < -0.4 is 5.32 Å². The molecular formula is C19H19N5O3. The van der Waals surface area contributed by atoms with Crippen molar-refractivity contribution in [2.75, 3.05) is 31.6 Å². The van der Waals surface area contributed by atoms with Crippen LogP contribution in [-0.4, -0.2) is 57.6 Å². The number of carbonyl (C=O) groups excluding carboxylic acids is 2. The molecule has 0 atom stereocenters. The zero-order chi connectivity index (χ0) is 18.8. The summed E-state index contributed by atoms with van der Waals surface area (Å²) >= 11 is 0. The Labute approximate surface area is 155 Å². The highest BCUT2D eigenvalue weighted by molar-refractivity contribution is 6.04. The maximum atomic E-state index is 12.7. The van der Waals surface area contributed by atoms with Gasteiger partial charge in [0.25, 0.3) is 11.8 Å². The minimum atomic E-state index is -0.315. The summed E-state index contributed by atoms with van der Waals surface area (Å²) in [6.07, 6.45) is 1.40. The van der Waals surface area contributed by atoms with Crippen LogP contribution in [0, 0.1) is 6.92 Å². The normalized spacial score (nSPS) is 14.3. The molecule has 2 amide bonds. The first-order chi connectivity index (χ1) is 13.1. The number of hydrogen-bond donors (Lipinski definition) is 1. The fraction of sp³-hybridized carbons (Fsp3) is 0.263. The first-order valence-corrected chi connectivity index (χ1v) is 8.71. The van der Waals surface area contributed by atoms with Gasteiger partial charge in [0.15, 0.2) is 5.65 Å². The Morgan fingerprint density at radius 2 is 1.96 bits per heavy atom. The quantitative estimate of drug-likeness (QED) is 0.764. The second-order valence-corrected chi connectivity index (χ2v) is 6.33. The number of fused-ring (bicyclic) bond motifs is 1. The Morgan fingerprint density at radius 3 is 2.78 bits per heavy atom. The summed E-state index contributed by atoms with van der Waals surface area (Å²) in [7, 11) is 0. The van der Waals surface area contributed by atoms with Crippen LogP contribution in [0.25, 0.3) is 5.65 Å². The fourth-order valence-electron chi connectivity index (χ4n) is 3.04. The van der Waals surface area contributed by atoms with E-state index in [0.29, 0.717) is 48.9 Å². The van der Waals surface area contributed by atoms with Gasteiger partial charge in [0.05, 0.1) is 13.2 Å². The standard InChI is InChI=1S/C19H19N5O3/c1-13-5-6-14(19(26)23-7-9-27-10-8-23)11-15(13)22-18(25)16-3-2-4-17-20-12-21-24(16)17/h2-6,11-12H,7-10H2,1H3,(H,22,25). The number of amides is 2. The van der Waals surface area contributed by atoms with Crippen LogP contribution in [0.5, 0.6) is 0 Å². The first-order valence-electron chi connectivity index (χ1n) is 8.71. The van der Waals surface area contributed by atoms with E-state index in [9.17, 15) is 9.59 Å². The Morgan fingerprint density at radius 1 is 1.15 bits per heavy atom. The average molecular weight is 365 g/mol. The molecule has 8 nitrogen and oxygen atoms in total. The summed E-state index contributed by atoms with van der Waals surface area (Å²) in [6.45, 7) is 4.12. The van der Waals surface area contributed by atoms with E-state index in [-0.39, 0.29) is 11.8 Å². The number of aryl methyl sites for hydroxylation is 1. The summed E-state index contributed by atoms with van der Waals surface area (Å²) in [6, 6.07) is 10.5. The van der Waals surface area contributed by atoms with Crippen LogP contribution in [0.1, 0.15) is 26.4 Å². The second-order valence-electron chi connectivity index (χ2n) is 6.33. The Kier molecular flexibility index (Phi) is 4.55. The minimum Gasteiger partial charge on any atom is -0.378 e. The lowest BCUT2D eigenvalue weighted by molar-refractivity contribution is 0.0303. The molecule has 3 aromatic rings. The molecule has 1 N–H and O–H groups in total. The lowest BCUT2D eigenvalue weighted by atomic mass is 10.1. The van der Waals surface area contributed by atoms with E-state index in [0.717, 1.165) is 5.56 Å². The zero-order valence-corrected chi connectivity index (χ0v) is 14.9. The Hall–Kier alpha value is -3.26. The number of morpholine rings is 1. The van der Waals surface area contributed by atoms with Gasteiger partial charge in [0, 0.05) is 24.3 Å². The summed E-state index contributed by atoms with van der Waals surface area (Å²) < 4.78 is 6.77. The highest BCUT2D eigenvalue weighted by Crippen LogP contribution is 2.20. The number of rotatable bonds is 3. The van der Waals surface area contributed by atoms with E-state index >= 15 is 0 Å². The molecule has 8 heteroatoms. The third-order valence-corrected chi connectivity index (χ3v) is 4.57. The van der Waals surface area contributed by atoms with Crippen molar-refractivity contribution in [1.82, 2.24) is 19.5 Å². The van der Waals surface area contributed by atoms with Gasteiger partial charge in [0.1, 0.15) is 12.0 Å². The highest BCUT2D eigenvalue weighted by Gasteiger charge is 2.20. The molecule has 2 aromatic heterocycles. The van der Waals surface area contributed by atoms with Crippen molar-refractivity contribution in [2.24, 2.45) is 0 Å². The van der Waals surface area contributed by atoms with Crippen molar-refractivity contribution in [3.63, 3.8) is 0 Å². The second kappa shape index (κ2) is 7.16. The molecule has 27 heavy (non-hydrogen) atoms. The lowest BCUT2D eigenvalue weighted by Crippen LogP contribution is -2.40. The van der Waals surface area contributed by atoms with Gasteiger partial charge in [-0.05, 0) is 36.8 Å². The number of carbonyl (C=O) groups is 2. The number of benzene rings is 1. The molecule has 0 spiro atoms. The molecule has 0 radical (unpaired) electrons. The number of ether oxygens (including phenoxy) is 1. The molecule has 1 saturated heterocycles. The highest BCUT2D eigenvalue weighted by atomic mass is 16.5. The molecule has 3 heterocycles. The van der Waals surface area contributed by atoms with Gasteiger partial charge in [-0.1, -0.05) is 12.1 Å². The monoisotopic (exact) mass is 365 g/mol. The van der Waals surface area contributed by atoms with Crippen molar-refractivity contribution >= 4 is 23.1 Å². The van der Waals surface area contributed by atoms with Crippen molar-refractivity contribution in [1.29, 1.82) is 0 Å². The number of nitrogens with zero attached hydrogens (tertiary/aromatic N) is 4. The molecule has 0 saturated carbocycles. The topological polar surface area (TPSA) is 88.8 Å². The molecule has 0 unspecified atom stereocenters. The molecule has 138 valence electrons. The Bertz CT molecular complexity index is 1010. The molecular weight excluding hydrogens is 346 g/mol. The predicted octanol–water partition coefficient (Wildman–Crippen LogP) is 1.76. The molecule has 0 aliphatic carbocycles. The van der Waals surface area contributed by atoms with E-state index in [1.165, 1.54) is 10.8 Å². The average Bonchev–Trinajstić information content (AvgIpc) is 3.18. The third-order valence-electron chi connectivity index (χ3n) is 4.57. The number of anilines is 1. The summed E-state index contributed by atoms with van der Waals surface area (Å²) in [5, 5.41) is 6.97. The molecule has 0 bridgehead atoms. The molecule has 1 aliphatic rings. The van der Waals surface area contributed by atoms with Crippen molar-refractivity contribution in [3.05, 3.63) is 59.5 Å². The van der Waals surface area contributed by atoms with Crippen LogP contribution in [-0.2, 0) is 4.74 Å². The largest absolute Gasteiger partial charge is 0.378 e. The summed E-state index contributed by atoms with van der Waals surface area (Å²) in [5.41, 5.74) is 2.96. The van der Waals surface area contributed by atoms with Crippen molar-refractivity contribution in [3.8, 4) is 0 Å². The molecule has 4 rings (SSSR count). The van der Waals surface area contributed by atoms with Gasteiger partial charge in [-0.25, -0.2) is 9.50 Å². The van der Waals surface area contributed by atoms with Crippen LogP contribution in [0.3, 0.4) is 0 Å². The summed E-state index contributed by atoms with van der Waals surface area (Å²) in [5.74, 6) is -0.377. The predicted molar refractivity (Wildman–Crippen MR) is 98.8 cm³/mol. The van der Waals surface area contributed by atoms with Crippen LogP contribution >= 0.6 is 0 Å². The van der Waals surface area contributed by atoms with E-state index in [4.69, 9.17) is 4.74 Å². The van der Waals surface area contributed by atoms with E-state index in [1.54, 1.807) is 35.2 Å². The third kappa shape index (κ3) is 3.39. The SMILES string of the molecule is Cc1ccc(C(=O)N2CCOCC2)cc1NC(=O)c1cccc2ncnn12. The van der Waals surface area contributed by atoms with E-state index in [2.05, 4.69) is 15.4 Å². The number of pyridine rings is 1. The van der Waals surface area contributed by atoms with E-state index < -0.39 is 0 Å². The first kappa shape index (κ1) is 17.2. The maximum Gasteiger partial charge on any atom is 0.274 e. The van der Waals surface area contributed by atoms with Crippen LogP contribution in [0.4, 0.5) is 5.69 Å². The number of nitrogens with one attached hydrogen (secondary N) is 1. The number of hydrogen-bond acceptors (Lipinski definition) is 5. The lowest BCUT2D eigenvalue weighted by Gasteiger charge is -2.27. The van der Waals surface area contributed by atoms with Gasteiger partial charge >= 0.3 is 0 Å². The number of aromatic nitrogens is 3.